The number of aryl methyl sites for hydroxylation is 1. The molecule has 0 spiro atoms. The molecule has 1 aromatic heterocycles. The van der Waals surface area contributed by atoms with Crippen molar-refractivity contribution in [3.63, 3.8) is 0 Å². The number of hydrogen-bond donors (Lipinski definition) is 1. The molecule has 0 saturated heterocycles. The quantitative estimate of drug-likeness (QED) is 0.576. The Morgan fingerprint density at radius 3 is 2.53 bits per heavy atom. The van der Waals surface area contributed by atoms with E-state index in [1.54, 1.807) is 0 Å². The molecule has 8 nitrogen and oxygen atoms in total. The first-order chi connectivity index (χ1) is 14.5. The van der Waals surface area contributed by atoms with Crippen molar-refractivity contribution in [2.24, 2.45) is 0 Å². The van der Waals surface area contributed by atoms with Crippen LogP contribution >= 0.6 is 0 Å². The van der Waals surface area contributed by atoms with Crippen molar-refractivity contribution in [1.29, 1.82) is 0 Å². The number of aromatic nitrogens is 4. The number of esters is 1. The topological polar surface area (TPSA) is 99.0 Å². The molecule has 0 aliphatic carbocycles. The second kappa shape index (κ2) is 9.78. The molecule has 1 heterocycles. The number of rotatable bonds is 8. The third-order valence-corrected chi connectivity index (χ3v) is 4.77. The van der Waals surface area contributed by atoms with Gasteiger partial charge in [0.1, 0.15) is 6.33 Å². The second-order valence-electron chi connectivity index (χ2n) is 7.35. The van der Waals surface area contributed by atoms with E-state index in [0.29, 0.717) is 6.42 Å². The number of anilines is 1. The van der Waals surface area contributed by atoms with E-state index in [2.05, 4.69) is 34.7 Å². The fraction of sp³-hybridized carbons (Fsp3) is 0.318. The number of carbonyl (C=O) groups is 2. The highest BCUT2D eigenvalue weighted by Gasteiger charge is 2.25. The van der Waals surface area contributed by atoms with Gasteiger partial charge in [-0.2, -0.15) is 0 Å². The fourth-order valence-electron chi connectivity index (χ4n) is 3.18. The summed E-state index contributed by atoms with van der Waals surface area (Å²) in [4.78, 5) is 25.2. The Kier molecular flexibility index (Phi) is 6.90. The van der Waals surface area contributed by atoms with Gasteiger partial charge in [-0.05, 0) is 40.0 Å². The Morgan fingerprint density at radius 1 is 1.10 bits per heavy atom. The lowest BCUT2D eigenvalue weighted by Crippen LogP contribution is -2.28. The van der Waals surface area contributed by atoms with E-state index in [1.807, 2.05) is 55.5 Å². The molecule has 1 amide bonds. The van der Waals surface area contributed by atoms with Gasteiger partial charge in [0.25, 0.3) is 5.91 Å². The average Bonchev–Trinajstić information content (AvgIpc) is 3.27. The van der Waals surface area contributed by atoms with Crippen LogP contribution in [-0.2, 0) is 20.7 Å². The molecule has 8 heteroatoms. The number of benzene rings is 2. The molecular weight excluding hydrogens is 382 g/mol. The monoisotopic (exact) mass is 407 g/mol. The molecule has 0 bridgehead atoms. The SMILES string of the molecule is Cc1cccc(C(C)C)c1NC(=O)COC(=O)[C@@H](Cc1ccccc1)n1cnnn1. The van der Waals surface area contributed by atoms with Crippen LogP contribution in [0.25, 0.3) is 0 Å². The van der Waals surface area contributed by atoms with Gasteiger partial charge < -0.3 is 10.1 Å². The summed E-state index contributed by atoms with van der Waals surface area (Å²) in [6, 6.07) is 14.6. The first-order valence-corrected chi connectivity index (χ1v) is 9.78. The minimum Gasteiger partial charge on any atom is -0.454 e. The van der Waals surface area contributed by atoms with E-state index in [9.17, 15) is 9.59 Å². The lowest BCUT2D eigenvalue weighted by Gasteiger charge is -2.18. The molecule has 0 fully saturated rings. The van der Waals surface area contributed by atoms with Crippen molar-refractivity contribution in [3.05, 3.63) is 71.5 Å². The van der Waals surface area contributed by atoms with E-state index in [4.69, 9.17) is 4.74 Å². The summed E-state index contributed by atoms with van der Waals surface area (Å²) in [5, 5.41) is 13.9. The molecule has 0 unspecified atom stereocenters. The van der Waals surface area contributed by atoms with Crippen LogP contribution in [0.15, 0.2) is 54.9 Å². The Labute approximate surface area is 175 Å². The van der Waals surface area contributed by atoms with Gasteiger partial charge in [-0.1, -0.05) is 62.4 Å². The molecule has 156 valence electrons. The highest BCUT2D eigenvalue weighted by atomic mass is 16.5. The summed E-state index contributed by atoms with van der Waals surface area (Å²) < 4.78 is 6.65. The zero-order valence-electron chi connectivity index (χ0n) is 17.3. The van der Waals surface area contributed by atoms with Gasteiger partial charge in [-0.3, -0.25) is 4.79 Å². The summed E-state index contributed by atoms with van der Waals surface area (Å²) in [5.41, 5.74) is 3.68. The molecule has 3 aromatic rings. The van der Waals surface area contributed by atoms with Crippen LogP contribution in [0.4, 0.5) is 5.69 Å². The highest BCUT2D eigenvalue weighted by molar-refractivity contribution is 5.94. The highest BCUT2D eigenvalue weighted by Crippen LogP contribution is 2.27. The molecule has 0 radical (unpaired) electrons. The largest absolute Gasteiger partial charge is 0.454 e. The van der Waals surface area contributed by atoms with Gasteiger partial charge in [0.2, 0.25) is 0 Å². The predicted molar refractivity (Wildman–Crippen MR) is 112 cm³/mol. The second-order valence-corrected chi connectivity index (χ2v) is 7.35. The van der Waals surface area contributed by atoms with Crippen LogP contribution in [0.2, 0.25) is 0 Å². The molecule has 2 aromatic carbocycles. The Balaban J connectivity index is 1.66. The zero-order valence-corrected chi connectivity index (χ0v) is 17.3. The predicted octanol–water partition coefficient (Wildman–Crippen LogP) is 3.07. The van der Waals surface area contributed by atoms with Crippen molar-refractivity contribution in [2.75, 3.05) is 11.9 Å². The summed E-state index contributed by atoms with van der Waals surface area (Å²) in [5.74, 6) is -0.720. The average molecular weight is 407 g/mol. The number of nitrogens with one attached hydrogen (secondary N) is 1. The number of nitrogens with zero attached hydrogens (tertiary/aromatic N) is 4. The van der Waals surface area contributed by atoms with E-state index in [1.165, 1.54) is 11.0 Å². The lowest BCUT2D eigenvalue weighted by molar-refractivity contribution is -0.151. The van der Waals surface area contributed by atoms with Gasteiger partial charge in [-0.15, -0.1) is 5.10 Å². The molecule has 1 atom stereocenters. The molecule has 0 saturated carbocycles. The van der Waals surface area contributed by atoms with E-state index in [-0.39, 0.29) is 5.92 Å². The van der Waals surface area contributed by atoms with Crippen molar-refractivity contribution in [3.8, 4) is 0 Å². The smallest absolute Gasteiger partial charge is 0.331 e. The summed E-state index contributed by atoms with van der Waals surface area (Å²) in [7, 11) is 0. The van der Waals surface area contributed by atoms with Crippen LogP contribution in [0.5, 0.6) is 0 Å². The molecule has 0 aliphatic rings. The minimum absolute atomic E-state index is 0.248. The standard InChI is InChI=1S/C22H25N5O3/c1-15(2)18-11-7-8-16(3)21(18)24-20(28)13-30-22(29)19(27-14-23-25-26-27)12-17-9-5-4-6-10-17/h4-11,14-15,19H,12-13H2,1-3H3,(H,24,28)/t19-/m1/s1. The minimum atomic E-state index is -0.764. The molecular formula is C22H25N5O3. The van der Waals surface area contributed by atoms with Crippen molar-refractivity contribution in [1.82, 2.24) is 20.2 Å². The van der Waals surface area contributed by atoms with Crippen LogP contribution in [0.3, 0.4) is 0 Å². The number of tetrazole rings is 1. The Bertz CT molecular complexity index is 987. The first-order valence-electron chi connectivity index (χ1n) is 9.78. The third-order valence-electron chi connectivity index (χ3n) is 4.77. The van der Waals surface area contributed by atoms with Crippen LogP contribution in [0, 0.1) is 6.92 Å². The molecule has 30 heavy (non-hydrogen) atoms. The third kappa shape index (κ3) is 5.28. The van der Waals surface area contributed by atoms with Crippen LogP contribution < -0.4 is 5.32 Å². The first kappa shape index (κ1) is 21.2. The van der Waals surface area contributed by atoms with Gasteiger partial charge in [-0.25, -0.2) is 9.48 Å². The Hall–Kier alpha value is -3.55. The number of amides is 1. The van der Waals surface area contributed by atoms with Crippen molar-refractivity contribution >= 4 is 17.6 Å². The molecule has 1 N–H and O–H groups in total. The number of carbonyl (C=O) groups excluding carboxylic acids is 2. The maximum absolute atomic E-state index is 12.7. The van der Waals surface area contributed by atoms with Gasteiger partial charge in [0.05, 0.1) is 0 Å². The lowest BCUT2D eigenvalue weighted by atomic mass is 9.98. The molecule has 3 rings (SSSR count). The number of para-hydroxylation sites is 1. The maximum Gasteiger partial charge on any atom is 0.331 e. The van der Waals surface area contributed by atoms with Gasteiger partial charge in [0, 0.05) is 12.1 Å². The Morgan fingerprint density at radius 2 is 1.87 bits per heavy atom. The zero-order chi connectivity index (χ0) is 21.5. The summed E-state index contributed by atoms with van der Waals surface area (Å²) in [6.45, 7) is 5.66. The van der Waals surface area contributed by atoms with Crippen molar-refractivity contribution in [2.45, 2.75) is 39.2 Å². The van der Waals surface area contributed by atoms with Gasteiger partial charge >= 0.3 is 5.97 Å². The summed E-state index contributed by atoms with van der Waals surface area (Å²) >= 11 is 0. The normalized spacial score (nSPS) is 11.9. The number of hydrogen-bond acceptors (Lipinski definition) is 6. The van der Waals surface area contributed by atoms with E-state index >= 15 is 0 Å². The van der Waals surface area contributed by atoms with Crippen molar-refractivity contribution < 1.29 is 14.3 Å². The fourth-order valence-corrected chi connectivity index (χ4v) is 3.18. The van der Waals surface area contributed by atoms with E-state index in [0.717, 1.165) is 22.4 Å². The maximum atomic E-state index is 12.7. The molecule has 0 aliphatic heterocycles. The number of ether oxygens (including phenoxy) is 1. The summed E-state index contributed by atoms with van der Waals surface area (Å²) in [6.07, 6.45) is 1.71. The van der Waals surface area contributed by atoms with Crippen LogP contribution in [-0.4, -0.2) is 38.7 Å². The van der Waals surface area contributed by atoms with E-state index < -0.39 is 24.5 Å². The van der Waals surface area contributed by atoms with Crippen LogP contribution in [0.1, 0.15) is 42.5 Å². The van der Waals surface area contributed by atoms with Gasteiger partial charge in [0.15, 0.2) is 12.6 Å².